The van der Waals surface area contributed by atoms with Gasteiger partial charge < -0.3 is 20.3 Å². The zero-order chi connectivity index (χ0) is 24.5. The maximum absolute atomic E-state index is 12.5. The second kappa shape index (κ2) is 9.46. The number of carbonyl (C=O) groups excluding carboxylic acids is 1. The van der Waals surface area contributed by atoms with E-state index in [4.69, 9.17) is 16.3 Å². The molecule has 3 N–H and O–H groups in total. The summed E-state index contributed by atoms with van der Waals surface area (Å²) in [5.41, 5.74) is 1.29. The minimum absolute atomic E-state index is 0.221. The lowest BCUT2D eigenvalue weighted by Gasteiger charge is -2.29. The van der Waals surface area contributed by atoms with Crippen LogP contribution in [0.3, 0.4) is 0 Å². The lowest BCUT2D eigenvalue weighted by atomic mass is 9.87. The number of aromatic nitrogens is 5. The number of hydrogen-bond acceptors (Lipinski definition) is 9. The molecule has 34 heavy (non-hydrogen) atoms. The largest absolute Gasteiger partial charge is 0.467 e. The lowest BCUT2D eigenvalue weighted by Crippen LogP contribution is -2.42. The Bertz CT molecular complexity index is 1170. The zero-order valence-corrected chi connectivity index (χ0v) is 20.6. The van der Waals surface area contributed by atoms with Crippen LogP contribution in [0.1, 0.15) is 45.2 Å². The topological polar surface area (TPSA) is 121 Å². The molecule has 4 rings (SSSR count). The highest BCUT2D eigenvalue weighted by atomic mass is 35.5. The van der Waals surface area contributed by atoms with Crippen LogP contribution in [0.25, 0.3) is 0 Å². The number of carbonyl (C=O) groups is 1. The number of ether oxygens (including phenoxy) is 1. The van der Waals surface area contributed by atoms with Crippen molar-refractivity contribution in [3.05, 3.63) is 41.0 Å². The molecule has 1 aromatic carbocycles. The lowest BCUT2D eigenvalue weighted by molar-refractivity contribution is -0.143. The number of esters is 1. The summed E-state index contributed by atoms with van der Waals surface area (Å²) in [5, 5.41) is 14.2. The Morgan fingerprint density at radius 1 is 1.21 bits per heavy atom. The first kappa shape index (κ1) is 23.7. The van der Waals surface area contributed by atoms with E-state index in [1.54, 1.807) is 11.0 Å². The number of methoxy groups -OCH3 is 1. The minimum Gasteiger partial charge on any atom is -0.467 e. The maximum Gasteiger partial charge on any atom is 0.328 e. The highest BCUT2D eigenvalue weighted by molar-refractivity contribution is 6.33. The van der Waals surface area contributed by atoms with Gasteiger partial charge in [-0.3, -0.25) is 5.10 Å². The van der Waals surface area contributed by atoms with E-state index in [9.17, 15) is 4.79 Å². The second-order valence-corrected chi connectivity index (χ2v) is 9.77. The monoisotopic (exact) mass is 484 g/mol. The number of anilines is 5. The van der Waals surface area contributed by atoms with Gasteiger partial charge in [-0.2, -0.15) is 20.1 Å². The number of aromatic amines is 1. The van der Waals surface area contributed by atoms with Gasteiger partial charge in [0.25, 0.3) is 0 Å². The van der Waals surface area contributed by atoms with Crippen molar-refractivity contribution in [2.24, 2.45) is 5.41 Å². The molecule has 1 saturated carbocycles. The molecule has 0 spiro atoms. The SMILES string of the molecule is COC(=O)[C@@H](Nc1nc(Nc2cc(C3CC3)n[nH]2)nc(N(C)c2ccccc2Cl)n1)C(C)(C)C. The van der Waals surface area contributed by atoms with Crippen LogP contribution in [0.4, 0.5) is 29.4 Å². The van der Waals surface area contributed by atoms with Crippen molar-refractivity contribution in [2.45, 2.75) is 45.6 Å². The summed E-state index contributed by atoms with van der Waals surface area (Å²) in [6.07, 6.45) is 2.30. The van der Waals surface area contributed by atoms with Crippen LogP contribution in [-0.4, -0.2) is 51.3 Å². The van der Waals surface area contributed by atoms with Gasteiger partial charge >= 0.3 is 5.97 Å². The van der Waals surface area contributed by atoms with Crippen LogP contribution in [-0.2, 0) is 9.53 Å². The van der Waals surface area contributed by atoms with E-state index >= 15 is 0 Å². The van der Waals surface area contributed by atoms with Gasteiger partial charge in [0.15, 0.2) is 0 Å². The molecular weight excluding hydrogens is 456 g/mol. The summed E-state index contributed by atoms with van der Waals surface area (Å²) in [6.45, 7) is 5.80. The summed E-state index contributed by atoms with van der Waals surface area (Å²) in [7, 11) is 3.17. The minimum atomic E-state index is -0.681. The Morgan fingerprint density at radius 2 is 1.91 bits per heavy atom. The van der Waals surface area contributed by atoms with Crippen LogP contribution >= 0.6 is 11.6 Å². The van der Waals surface area contributed by atoms with Crippen molar-refractivity contribution >= 4 is 46.9 Å². The van der Waals surface area contributed by atoms with Crippen LogP contribution in [0.2, 0.25) is 5.02 Å². The van der Waals surface area contributed by atoms with Gasteiger partial charge in [-0.05, 0) is 30.4 Å². The molecule has 1 aliphatic carbocycles. The molecule has 2 aromatic heterocycles. The number of halogens is 1. The van der Waals surface area contributed by atoms with Gasteiger partial charge in [0, 0.05) is 19.0 Å². The smallest absolute Gasteiger partial charge is 0.328 e. The Kier molecular flexibility index (Phi) is 6.60. The maximum atomic E-state index is 12.5. The van der Waals surface area contributed by atoms with E-state index < -0.39 is 17.4 Å². The van der Waals surface area contributed by atoms with E-state index in [0.717, 1.165) is 24.2 Å². The molecule has 0 unspecified atom stereocenters. The molecule has 10 nitrogen and oxygen atoms in total. The van der Waals surface area contributed by atoms with Crippen LogP contribution in [0.5, 0.6) is 0 Å². The average molecular weight is 485 g/mol. The molecule has 0 bridgehead atoms. The highest BCUT2D eigenvalue weighted by Gasteiger charge is 2.33. The molecule has 1 aliphatic rings. The molecule has 1 fully saturated rings. The third kappa shape index (κ3) is 5.39. The van der Waals surface area contributed by atoms with Crippen LogP contribution in [0, 0.1) is 5.41 Å². The summed E-state index contributed by atoms with van der Waals surface area (Å²) in [6, 6.07) is 8.68. The first-order chi connectivity index (χ1) is 16.2. The molecule has 3 aromatic rings. The molecular formula is C23H29ClN8O2. The summed E-state index contributed by atoms with van der Waals surface area (Å²) in [4.78, 5) is 27.9. The third-order valence-corrected chi connectivity index (χ3v) is 5.87. The number of hydrogen-bond donors (Lipinski definition) is 3. The first-order valence-corrected chi connectivity index (χ1v) is 11.4. The van der Waals surface area contributed by atoms with E-state index in [1.807, 2.05) is 52.1 Å². The number of benzene rings is 1. The standard InChI is InChI=1S/C23H29ClN8O2/c1-23(2,3)18(19(33)34-5)26-21-27-20(25-17-12-15(30-31-17)13-10-11-13)28-22(29-21)32(4)16-9-7-6-8-14(16)24/h6-9,12-13,18H,10-11H2,1-5H3,(H3,25,26,27,28,29,30,31)/t18-/m1/s1. The predicted octanol–water partition coefficient (Wildman–Crippen LogP) is 4.64. The van der Waals surface area contributed by atoms with Crippen molar-refractivity contribution in [2.75, 3.05) is 29.7 Å². The third-order valence-electron chi connectivity index (χ3n) is 5.55. The predicted molar refractivity (Wildman–Crippen MR) is 132 cm³/mol. The van der Waals surface area contributed by atoms with Crippen LogP contribution < -0.4 is 15.5 Å². The van der Waals surface area contributed by atoms with Crippen molar-refractivity contribution in [3.63, 3.8) is 0 Å². The highest BCUT2D eigenvalue weighted by Crippen LogP contribution is 2.39. The van der Waals surface area contributed by atoms with Gasteiger partial charge in [-0.15, -0.1) is 0 Å². The number of rotatable bonds is 8. The van der Waals surface area contributed by atoms with Crippen molar-refractivity contribution in [1.82, 2.24) is 25.1 Å². The molecule has 0 saturated heterocycles. The van der Waals surface area contributed by atoms with Gasteiger partial charge in [-0.1, -0.05) is 44.5 Å². The Labute approximate surface area is 203 Å². The number of nitrogens with one attached hydrogen (secondary N) is 3. The Hall–Kier alpha value is -3.40. The summed E-state index contributed by atoms with van der Waals surface area (Å²) in [5.74, 6) is 1.62. The average Bonchev–Trinajstić information content (AvgIpc) is 3.55. The molecule has 1 atom stereocenters. The fourth-order valence-corrected chi connectivity index (χ4v) is 3.72. The summed E-state index contributed by atoms with van der Waals surface area (Å²) < 4.78 is 5.00. The molecule has 0 amide bonds. The number of para-hydroxylation sites is 1. The number of nitrogens with zero attached hydrogens (tertiary/aromatic N) is 5. The quantitative estimate of drug-likeness (QED) is 0.392. The van der Waals surface area contributed by atoms with Gasteiger partial charge in [0.1, 0.15) is 11.9 Å². The van der Waals surface area contributed by atoms with Crippen molar-refractivity contribution in [1.29, 1.82) is 0 Å². The summed E-state index contributed by atoms with van der Waals surface area (Å²) >= 11 is 6.40. The van der Waals surface area contributed by atoms with Crippen molar-refractivity contribution < 1.29 is 9.53 Å². The van der Waals surface area contributed by atoms with Gasteiger partial charge in [-0.25, -0.2) is 4.79 Å². The fraction of sp³-hybridized carbons (Fsp3) is 0.435. The Balaban J connectivity index is 1.70. The van der Waals surface area contributed by atoms with E-state index in [-0.39, 0.29) is 11.9 Å². The van der Waals surface area contributed by atoms with Gasteiger partial charge in [0.05, 0.1) is 23.5 Å². The van der Waals surface area contributed by atoms with E-state index in [1.165, 1.54) is 7.11 Å². The molecule has 180 valence electrons. The molecule has 11 heteroatoms. The normalized spacial score (nSPS) is 14.4. The fourth-order valence-electron chi connectivity index (χ4n) is 3.45. The van der Waals surface area contributed by atoms with Gasteiger partial charge in [0.2, 0.25) is 17.8 Å². The zero-order valence-electron chi connectivity index (χ0n) is 19.9. The first-order valence-electron chi connectivity index (χ1n) is 11.1. The van der Waals surface area contributed by atoms with Crippen molar-refractivity contribution in [3.8, 4) is 0 Å². The van der Waals surface area contributed by atoms with Crippen LogP contribution in [0.15, 0.2) is 30.3 Å². The second-order valence-electron chi connectivity index (χ2n) is 9.37. The molecule has 0 radical (unpaired) electrons. The molecule has 0 aliphatic heterocycles. The van der Waals surface area contributed by atoms with E-state index in [2.05, 4.69) is 35.8 Å². The Morgan fingerprint density at radius 3 is 2.56 bits per heavy atom. The molecule has 2 heterocycles. The number of H-pyrrole nitrogens is 1. The van der Waals surface area contributed by atoms with E-state index in [0.29, 0.717) is 22.7 Å².